The summed E-state index contributed by atoms with van der Waals surface area (Å²) in [5.41, 5.74) is 4.23. The van der Waals surface area contributed by atoms with Crippen LogP contribution in [0.15, 0.2) is 48.7 Å². The first-order valence-electron chi connectivity index (χ1n) is 12.8. The molecule has 1 N–H and O–H groups in total. The first-order valence-corrected chi connectivity index (χ1v) is 12.8. The number of ether oxygens (including phenoxy) is 1. The summed E-state index contributed by atoms with van der Waals surface area (Å²) in [5, 5.41) is 12.3. The molecule has 3 aromatic rings. The lowest BCUT2D eigenvalue weighted by Gasteiger charge is -2.22. The fraction of sp³-hybridized carbons (Fsp3) is 0.379. The highest BCUT2D eigenvalue weighted by atomic mass is 19.1. The minimum atomic E-state index is -1.15. The number of amides is 2. The second-order valence-electron chi connectivity index (χ2n) is 8.94. The Morgan fingerprint density at radius 3 is 2.78 bits per heavy atom. The summed E-state index contributed by atoms with van der Waals surface area (Å²) >= 11 is 0. The SMILES string of the molecule is CC.N#CCC1CC(F)CN1C(=O)CNC(=O)c1ccnc2ccc(-c3ccc4c(c3)CCCO4)cc12. The maximum Gasteiger partial charge on any atom is 0.252 e. The molecule has 0 aliphatic carbocycles. The first kappa shape index (κ1) is 26.1. The molecule has 2 aliphatic heterocycles. The normalized spacial score (nSPS) is 18.2. The van der Waals surface area contributed by atoms with Crippen molar-refractivity contribution < 1.29 is 18.7 Å². The van der Waals surface area contributed by atoms with Crippen molar-refractivity contribution in [3.63, 3.8) is 0 Å². The van der Waals surface area contributed by atoms with Gasteiger partial charge in [0.05, 0.1) is 43.3 Å². The Labute approximate surface area is 216 Å². The van der Waals surface area contributed by atoms with Gasteiger partial charge in [-0.25, -0.2) is 4.39 Å². The Morgan fingerprint density at radius 1 is 1.19 bits per heavy atom. The molecule has 3 heterocycles. The molecule has 2 aliphatic rings. The van der Waals surface area contributed by atoms with Gasteiger partial charge in [0.25, 0.3) is 5.91 Å². The molecule has 192 valence electrons. The van der Waals surface area contributed by atoms with Crippen LogP contribution in [0, 0.1) is 11.3 Å². The molecule has 1 aromatic heterocycles. The Morgan fingerprint density at radius 2 is 1.97 bits per heavy atom. The van der Waals surface area contributed by atoms with Crippen LogP contribution in [0.25, 0.3) is 22.0 Å². The van der Waals surface area contributed by atoms with Crippen molar-refractivity contribution in [1.82, 2.24) is 15.2 Å². The number of carbonyl (C=O) groups is 2. The fourth-order valence-corrected chi connectivity index (χ4v) is 4.88. The van der Waals surface area contributed by atoms with Crippen molar-refractivity contribution in [2.24, 2.45) is 0 Å². The van der Waals surface area contributed by atoms with E-state index in [1.807, 2.05) is 50.2 Å². The third-order valence-corrected chi connectivity index (χ3v) is 6.64. The van der Waals surface area contributed by atoms with Crippen LogP contribution in [0.3, 0.4) is 0 Å². The monoisotopic (exact) mass is 502 g/mol. The molecule has 2 amide bonds. The number of carbonyl (C=O) groups excluding carboxylic acids is 2. The number of nitrogens with one attached hydrogen (secondary N) is 1. The molecule has 2 atom stereocenters. The molecule has 5 rings (SSSR count). The van der Waals surface area contributed by atoms with Crippen LogP contribution in [0.1, 0.15) is 49.0 Å². The van der Waals surface area contributed by atoms with Crippen LogP contribution in [-0.2, 0) is 11.2 Å². The van der Waals surface area contributed by atoms with Crippen molar-refractivity contribution in [3.8, 4) is 22.9 Å². The minimum Gasteiger partial charge on any atom is -0.493 e. The lowest BCUT2D eigenvalue weighted by molar-refractivity contribution is -0.131. The van der Waals surface area contributed by atoms with Crippen molar-refractivity contribution in [2.45, 2.75) is 51.7 Å². The Kier molecular flexibility index (Phi) is 8.34. The van der Waals surface area contributed by atoms with Gasteiger partial charge >= 0.3 is 0 Å². The predicted octanol–water partition coefficient (Wildman–Crippen LogP) is 4.84. The molecule has 0 bridgehead atoms. The van der Waals surface area contributed by atoms with E-state index in [-0.39, 0.29) is 25.9 Å². The zero-order valence-corrected chi connectivity index (χ0v) is 21.2. The number of pyridine rings is 1. The number of rotatable bonds is 5. The van der Waals surface area contributed by atoms with Gasteiger partial charge in [0, 0.05) is 24.0 Å². The van der Waals surface area contributed by atoms with E-state index in [2.05, 4.69) is 16.4 Å². The second kappa shape index (κ2) is 11.8. The molecule has 8 heteroatoms. The summed E-state index contributed by atoms with van der Waals surface area (Å²) in [5.74, 6) is 0.116. The summed E-state index contributed by atoms with van der Waals surface area (Å²) in [6, 6.07) is 15.1. The first-order chi connectivity index (χ1) is 18.0. The van der Waals surface area contributed by atoms with E-state index in [9.17, 15) is 14.0 Å². The number of benzene rings is 2. The number of likely N-dealkylation sites (tertiary alicyclic amines) is 1. The number of alkyl halides is 1. The number of nitrogens with zero attached hydrogens (tertiary/aromatic N) is 3. The zero-order chi connectivity index (χ0) is 26.4. The standard InChI is InChI=1S/C27H25FN4O3.C2H6/c28-20-14-21(7-9-29)32(16-20)26(33)15-31-27(34)22-8-10-30-24-5-3-18(13-23(22)24)17-4-6-25-19(12-17)2-1-11-35-25;1-2/h3-6,8,10,12-13,20-21H,1-2,7,11,14-16H2,(H,31,34);1-2H3. The molecule has 2 unspecified atom stereocenters. The van der Waals surface area contributed by atoms with Gasteiger partial charge in [-0.3, -0.25) is 14.6 Å². The van der Waals surface area contributed by atoms with E-state index in [0.717, 1.165) is 36.3 Å². The van der Waals surface area contributed by atoms with Crippen LogP contribution >= 0.6 is 0 Å². The van der Waals surface area contributed by atoms with E-state index < -0.39 is 24.0 Å². The number of nitriles is 1. The van der Waals surface area contributed by atoms with E-state index >= 15 is 0 Å². The quantitative estimate of drug-likeness (QED) is 0.539. The van der Waals surface area contributed by atoms with Gasteiger partial charge in [-0.15, -0.1) is 0 Å². The maximum absolute atomic E-state index is 13.8. The minimum absolute atomic E-state index is 0.0472. The van der Waals surface area contributed by atoms with E-state index in [0.29, 0.717) is 16.5 Å². The molecule has 0 spiro atoms. The number of hydrogen-bond acceptors (Lipinski definition) is 5. The third-order valence-electron chi connectivity index (χ3n) is 6.64. The predicted molar refractivity (Wildman–Crippen MR) is 140 cm³/mol. The van der Waals surface area contributed by atoms with Crippen molar-refractivity contribution in [1.29, 1.82) is 5.26 Å². The smallest absolute Gasteiger partial charge is 0.252 e. The van der Waals surface area contributed by atoms with Gasteiger partial charge in [-0.05, 0) is 59.9 Å². The van der Waals surface area contributed by atoms with E-state index in [1.165, 1.54) is 10.5 Å². The largest absolute Gasteiger partial charge is 0.493 e. The maximum atomic E-state index is 13.8. The van der Waals surface area contributed by atoms with Crippen LogP contribution in [-0.4, -0.2) is 53.6 Å². The lowest BCUT2D eigenvalue weighted by atomic mass is 9.97. The molecule has 37 heavy (non-hydrogen) atoms. The molecule has 1 fully saturated rings. The summed E-state index contributed by atoms with van der Waals surface area (Å²) in [6.45, 7) is 4.43. The van der Waals surface area contributed by atoms with Gasteiger partial charge in [0.1, 0.15) is 11.9 Å². The zero-order valence-electron chi connectivity index (χ0n) is 21.2. The van der Waals surface area contributed by atoms with Crippen LogP contribution in [0.2, 0.25) is 0 Å². The summed E-state index contributed by atoms with van der Waals surface area (Å²) in [6.07, 6.45) is 2.60. The summed E-state index contributed by atoms with van der Waals surface area (Å²) in [4.78, 5) is 31.4. The highest BCUT2D eigenvalue weighted by molar-refractivity contribution is 6.07. The third kappa shape index (κ3) is 5.72. The van der Waals surface area contributed by atoms with Crippen molar-refractivity contribution in [3.05, 3.63) is 59.8 Å². The summed E-state index contributed by atoms with van der Waals surface area (Å²) < 4.78 is 19.5. The number of aryl methyl sites for hydroxylation is 1. The Hall–Kier alpha value is -3.99. The molecule has 7 nitrogen and oxygen atoms in total. The average Bonchev–Trinajstić information content (AvgIpc) is 3.32. The Bertz CT molecular complexity index is 1340. The van der Waals surface area contributed by atoms with E-state index in [1.54, 1.807) is 12.3 Å². The molecular weight excluding hydrogens is 471 g/mol. The highest BCUT2D eigenvalue weighted by Gasteiger charge is 2.35. The number of hydrogen-bond donors (Lipinski definition) is 1. The molecule has 0 radical (unpaired) electrons. The van der Waals surface area contributed by atoms with Crippen molar-refractivity contribution >= 4 is 22.7 Å². The van der Waals surface area contributed by atoms with Gasteiger partial charge in [0.2, 0.25) is 5.91 Å². The number of aromatic nitrogens is 1. The van der Waals surface area contributed by atoms with Gasteiger partial charge in [-0.1, -0.05) is 26.0 Å². The fourth-order valence-electron chi connectivity index (χ4n) is 4.88. The molecule has 2 aromatic carbocycles. The molecule has 1 saturated heterocycles. The molecular formula is C29H31FN4O3. The van der Waals surface area contributed by atoms with Crippen LogP contribution < -0.4 is 10.1 Å². The molecule has 0 saturated carbocycles. The number of fused-ring (bicyclic) bond motifs is 2. The average molecular weight is 503 g/mol. The topological polar surface area (TPSA) is 95.3 Å². The van der Waals surface area contributed by atoms with Crippen LogP contribution in [0.5, 0.6) is 5.75 Å². The lowest BCUT2D eigenvalue weighted by Crippen LogP contribution is -2.42. The summed E-state index contributed by atoms with van der Waals surface area (Å²) in [7, 11) is 0. The second-order valence-corrected chi connectivity index (χ2v) is 8.94. The van der Waals surface area contributed by atoms with Gasteiger partial charge in [0.15, 0.2) is 0 Å². The van der Waals surface area contributed by atoms with Gasteiger partial charge < -0.3 is 15.0 Å². The van der Waals surface area contributed by atoms with Crippen LogP contribution in [0.4, 0.5) is 4.39 Å². The Balaban J connectivity index is 0.00000156. The van der Waals surface area contributed by atoms with Crippen molar-refractivity contribution in [2.75, 3.05) is 19.7 Å². The van der Waals surface area contributed by atoms with E-state index in [4.69, 9.17) is 10.00 Å². The highest BCUT2D eigenvalue weighted by Crippen LogP contribution is 2.32. The number of halogens is 1. The van der Waals surface area contributed by atoms with Gasteiger partial charge in [-0.2, -0.15) is 5.26 Å².